The monoisotopic (exact) mass is 284 g/mol. The van der Waals surface area contributed by atoms with E-state index in [1.165, 1.54) is 16.2 Å². The second kappa shape index (κ2) is 6.12. The van der Waals surface area contributed by atoms with Crippen molar-refractivity contribution in [1.29, 1.82) is 0 Å². The van der Waals surface area contributed by atoms with Gasteiger partial charge in [0.15, 0.2) is 0 Å². The summed E-state index contributed by atoms with van der Waals surface area (Å²) < 4.78 is 5.52. The van der Waals surface area contributed by atoms with Gasteiger partial charge in [0.1, 0.15) is 16.0 Å². The van der Waals surface area contributed by atoms with Gasteiger partial charge in [-0.3, -0.25) is 9.59 Å². The van der Waals surface area contributed by atoms with Crippen molar-refractivity contribution in [3.05, 3.63) is 16.1 Å². The minimum absolute atomic E-state index is 0.0101. The molecule has 7 heteroatoms. The molecule has 0 aromatic carbocycles. The zero-order valence-electron chi connectivity index (χ0n) is 10.7. The molecule has 19 heavy (non-hydrogen) atoms. The lowest BCUT2D eigenvalue weighted by Crippen LogP contribution is -2.28. The average molecular weight is 284 g/mol. The van der Waals surface area contributed by atoms with Gasteiger partial charge >= 0.3 is 5.97 Å². The van der Waals surface area contributed by atoms with Gasteiger partial charge in [0.2, 0.25) is 0 Å². The standard InChI is InChI=1S/C12H16N2O4S/c1-14(5-4-10(15)16)12(17)9-7-13-11(19-9)8-3-2-6-18-8/h7-8H,2-6H2,1H3,(H,15,16). The average Bonchev–Trinajstić information content (AvgIpc) is 3.04. The van der Waals surface area contributed by atoms with Crippen LogP contribution >= 0.6 is 11.3 Å². The maximum atomic E-state index is 12.0. The van der Waals surface area contributed by atoms with Gasteiger partial charge in [-0.25, -0.2) is 4.98 Å². The van der Waals surface area contributed by atoms with Crippen LogP contribution in [0.3, 0.4) is 0 Å². The topological polar surface area (TPSA) is 79.7 Å². The summed E-state index contributed by atoms with van der Waals surface area (Å²) in [6.45, 7) is 0.938. The van der Waals surface area contributed by atoms with E-state index in [2.05, 4.69) is 4.98 Å². The van der Waals surface area contributed by atoms with Crippen LogP contribution in [0, 0.1) is 0 Å². The Kier molecular flexibility index (Phi) is 4.49. The number of carbonyl (C=O) groups excluding carboxylic acids is 1. The molecule has 0 aliphatic carbocycles. The van der Waals surface area contributed by atoms with Crippen LogP contribution in [0.4, 0.5) is 0 Å². The van der Waals surface area contributed by atoms with Crippen LogP contribution in [0.25, 0.3) is 0 Å². The molecule has 1 saturated heterocycles. The molecule has 0 bridgehead atoms. The number of carbonyl (C=O) groups is 2. The number of hydrogen-bond acceptors (Lipinski definition) is 5. The highest BCUT2D eigenvalue weighted by Gasteiger charge is 2.23. The van der Waals surface area contributed by atoms with E-state index >= 15 is 0 Å². The number of nitrogens with zero attached hydrogens (tertiary/aromatic N) is 2. The summed E-state index contributed by atoms with van der Waals surface area (Å²) in [4.78, 5) is 28.7. The normalized spacial score (nSPS) is 18.5. The predicted octanol–water partition coefficient (Wildman–Crippen LogP) is 1.54. The molecule has 0 radical (unpaired) electrons. The number of hydrogen-bond donors (Lipinski definition) is 1. The molecule has 1 unspecified atom stereocenters. The van der Waals surface area contributed by atoms with E-state index < -0.39 is 5.97 Å². The van der Waals surface area contributed by atoms with Gasteiger partial charge < -0.3 is 14.7 Å². The maximum absolute atomic E-state index is 12.0. The van der Waals surface area contributed by atoms with Crippen LogP contribution in [0.2, 0.25) is 0 Å². The van der Waals surface area contributed by atoms with Gasteiger partial charge in [-0.2, -0.15) is 0 Å². The highest BCUT2D eigenvalue weighted by atomic mass is 32.1. The van der Waals surface area contributed by atoms with E-state index in [9.17, 15) is 9.59 Å². The van der Waals surface area contributed by atoms with Crippen LogP contribution in [-0.4, -0.2) is 47.1 Å². The largest absolute Gasteiger partial charge is 0.481 e. The van der Waals surface area contributed by atoms with Gasteiger partial charge in [-0.05, 0) is 12.8 Å². The van der Waals surface area contributed by atoms with Crippen molar-refractivity contribution >= 4 is 23.2 Å². The highest BCUT2D eigenvalue weighted by Crippen LogP contribution is 2.31. The lowest BCUT2D eigenvalue weighted by atomic mass is 10.2. The van der Waals surface area contributed by atoms with E-state index in [0.717, 1.165) is 24.5 Å². The first-order chi connectivity index (χ1) is 9.08. The lowest BCUT2D eigenvalue weighted by Gasteiger charge is -2.14. The minimum atomic E-state index is -0.913. The minimum Gasteiger partial charge on any atom is -0.481 e. The first kappa shape index (κ1) is 14.0. The Morgan fingerprint density at radius 3 is 3.05 bits per heavy atom. The molecule has 1 N–H and O–H groups in total. The number of carboxylic acids is 1. The number of aliphatic carboxylic acids is 1. The smallest absolute Gasteiger partial charge is 0.305 e. The second-order valence-corrected chi connectivity index (χ2v) is 5.50. The summed E-state index contributed by atoms with van der Waals surface area (Å²) in [5.74, 6) is -1.10. The number of rotatable bonds is 5. The Hall–Kier alpha value is -1.47. The van der Waals surface area contributed by atoms with Crippen molar-refractivity contribution in [2.24, 2.45) is 0 Å². The molecule has 1 fully saturated rings. The van der Waals surface area contributed by atoms with Crippen molar-refractivity contribution in [1.82, 2.24) is 9.88 Å². The highest BCUT2D eigenvalue weighted by molar-refractivity contribution is 7.13. The van der Waals surface area contributed by atoms with E-state index in [0.29, 0.717) is 4.88 Å². The summed E-state index contributed by atoms with van der Waals surface area (Å²) in [6.07, 6.45) is 3.46. The molecule has 104 valence electrons. The fourth-order valence-corrected chi connectivity index (χ4v) is 2.86. The van der Waals surface area contributed by atoms with Gasteiger partial charge in [0.25, 0.3) is 5.91 Å². The van der Waals surface area contributed by atoms with E-state index in [4.69, 9.17) is 9.84 Å². The SMILES string of the molecule is CN(CCC(=O)O)C(=O)c1cnc(C2CCCO2)s1. The number of ether oxygens (including phenoxy) is 1. The van der Waals surface area contributed by atoms with Gasteiger partial charge in [0.05, 0.1) is 12.6 Å². The van der Waals surface area contributed by atoms with Crippen molar-refractivity contribution < 1.29 is 19.4 Å². The number of thiazole rings is 1. The molecule has 1 aromatic heterocycles. The Balaban J connectivity index is 1.97. The Bertz CT molecular complexity index is 468. The summed E-state index contributed by atoms with van der Waals surface area (Å²) in [6, 6.07) is 0. The Morgan fingerprint density at radius 1 is 1.63 bits per heavy atom. The first-order valence-electron chi connectivity index (χ1n) is 6.12. The molecular formula is C12H16N2O4S. The summed E-state index contributed by atoms with van der Waals surface area (Å²) in [5, 5.41) is 9.42. The van der Waals surface area contributed by atoms with Crippen molar-refractivity contribution in [2.75, 3.05) is 20.2 Å². The Morgan fingerprint density at radius 2 is 2.42 bits per heavy atom. The molecule has 1 amide bonds. The van der Waals surface area contributed by atoms with Crippen LogP contribution in [0.1, 0.15) is 40.0 Å². The third-order valence-corrected chi connectivity index (χ3v) is 4.02. The molecule has 0 saturated carbocycles. The maximum Gasteiger partial charge on any atom is 0.305 e. The second-order valence-electron chi connectivity index (χ2n) is 4.43. The zero-order valence-corrected chi connectivity index (χ0v) is 11.5. The van der Waals surface area contributed by atoms with Crippen LogP contribution < -0.4 is 0 Å². The molecule has 2 heterocycles. The molecule has 6 nitrogen and oxygen atoms in total. The van der Waals surface area contributed by atoms with Crippen molar-refractivity contribution in [3.63, 3.8) is 0 Å². The zero-order chi connectivity index (χ0) is 13.8. The molecule has 1 atom stereocenters. The number of carboxylic acid groups (broad SMARTS) is 1. The lowest BCUT2D eigenvalue weighted by molar-refractivity contribution is -0.137. The van der Waals surface area contributed by atoms with Gasteiger partial charge in [-0.15, -0.1) is 11.3 Å². The Labute approximate surface area is 115 Å². The van der Waals surface area contributed by atoms with E-state index in [-0.39, 0.29) is 25.0 Å². The summed E-state index contributed by atoms with van der Waals surface area (Å²) >= 11 is 1.33. The fraction of sp³-hybridized carbons (Fsp3) is 0.583. The molecule has 1 aliphatic rings. The molecule has 1 aromatic rings. The third kappa shape index (κ3) is 3.51. The van der Waals surface area contributed by atoms with Crippen LogP contribution in [-0.2, 0) is 9.53 Å². The predicted molar refractivity (Wildman–Crippen MR) is 69.3 cm³/mol. The van der Waals surface area contributed by atoms with E-state index in [1.807, 2.05) is 0 Å². The quantitative estimate of drug-likeness (QED) is 0.887. The molecule has 2 rings (SSSR count). The summed E-state index contributed by atoms with van der Waals surface area (Å²) in [7, 11) is 1.59. The molecule has 0 spiro atoms. The third-order valence-electron chi connectivity index (χ3n) is 2.95. The van der Waals surface area contributed by atoms with Crippen molar-refractivity contribution in [2.45, 2.75) is 25.4 Å². The number of aromatic nitrogens is 1. The first-order valence-corrected chi connectivity index (χ1v) is 6.94. The molecule has 1 aliphatic heterocycles. The van der Waals surface area contributed by atoms with Crippen LogP contribution in [0.15, 0.2) is 6.20 Å². The van der Waals surface area contributed by atoms with E-state index in [1.54, 1.807) is 13.2 Å². The summed E-state index contributed by atoms with van der Waals surface area (Å²) in [5.41, 5.74) is 0. The van der Waals surface area contributed by atoms with Crippen LogP contribution in [0.5, 0.6) is 0 Å². The van der Waals surface area contributed by atoms with Gasteiger partial charge in [0, 0.05) is 20.2 Å². The van der Waals surface area contributed by atoms with Gasteiger partial charge in [-0.1, -0.05) is 0 Å². The molecular weight excluding hydrogens is 268 g/mol. The fourth-order valence-electron chi connectivity index (χ4n) is 1.86. The number of amides is 1. The van der Waals surface area contributed by atoms with Crippen molar-refractivity contribution in [3.8, 4) is 0 Å².